The largest absolute Gasteiger partial charge is 0.463 e. The maximum atomic E-state index is 11.2. The first-order valence-electron chi connectivity index (χ1n) is 4.35. The van der Waals surface area contributed by atoms with Gasteiger partial charge in [0.15, 0.2) is 0 Å². The second-order valence-corrected chi connectivity index (χ2v) is 3.11. The number of esters is 1. The molecule has 1 rings (SSSR count). The zero-order valence-electron chi connectivity index (χ0n) is 8.23. The first kappa shape index (κ1) is 10.4. The number of nitrogen functional groups attached to an aromatic ring is 1. The van der Waals surface area contributed by atoms with Crippen LogP contribution in [-0.2, 0) is 16.0 Å². The van der Waals surface area contributed by atoms with Crippen LogP contribution >= 0.6 is 0 Å². The number of ether oxygens (including phenoxy) is 1. The highest BCUT2D eigenvalue weighted by molar-refractivity contribution is 5.71. The van der Waals surface area contributed by atoms with Gasteiger partial charge in [-0.3, -0.25) is 4.79 Å². The highest BCUT2D eigenvalue weighted by atomic mass is 16.5. The fourth-order valence-corrected chi connectivity index (χ4v) is 0.934. The van der Waals surface area contributed by atoms with Crippen LogP contribution < -0.4 is 5.73 Å². The van der Waals surface area contributed by atoms with Crippen molar-refractivity contribution >= 4 is 11.8 Å². The van der Waals surface area contributed by atoms with E-state index in [9.17, 15) is 4.79 Å². The average molecular weight is 195 g/mol. The number of aromatic nitrogens is 2. The molecule has 0 spiro atoms. The molecule has 0 aliphatic carbocycles. The van der Waals surface area contributed by atoms with Crippen LogP contribution in [0.15, 0.2) is 12.3 Å². The van der Waals surface area contributed by atoms with Crippen LogP contribution in [0.4, 0.5) is 5.82 Å². The molecule has 76 valence electrons. The van der Waals surface area contributed by atoms with Crippen LogP contribution in [0.1, 0.15) is 19.7 Å². The molecule has 5 nitrogen and oxygen atoms in total. The molecule has 1 aromatic heterocycles. The zero-order chi connectivity index (χ0) is 10.6. The molecule has 1 heterocycles. The van der Waals surface area contributed by atoms with Crippen LogP contribution in [0.5, 0.6) is 0 Å². The van der Waals surface area contributed by atoms with Gasteiger partial charge < -0.3 is 10.5 Å². The lowest BCUT2D eigenvalue weighted by atomic mass is 10.4. The van der Waals surface area contributed by atoms with Crippen molar-refractivity contribution in [3.8, 4) is 0 Å². The Bertz CT molecular complexity index is 326. The van der Waals surface area contributed by atoms with Crippen molar-refractivity contribution in [3.05, 3.63) is 18.1 Å². The van der Waals surface area contributed by atoms with E-state index in [4.69, 9.17) is 10.5 Å². The molecular formula is C9H13N3O2. The number of hydrogen-bond donors (Lipinski definition) is 1. The Morgan fingerprint density at radius 1 is 1.64 bits per heavy atom. The number of nitrogens with zero attached hydrogens (tertiary/aromatic N) is 2. The van der Waals surface area contributed by atoms with E-state index in [2.05, 4.69) is 9.97 Å². The van der Waals surface area contributed by atoms with Gasteiger partial charge >= 0.3 is 5.97 Å². The summed E-state index contributed by atoms with van der Waals surface area (Å²) in [6.07, 6.45) is 1.45. The summed E-state index contributed by atoms with van der Waals surface area (Å²) >= 11 is 0. The second kappa shape index (κ2) is 4.55. The number of hydrogen-bond acceptors (Lipinski definition) is 5. The molecule has 0 bridgehead atoms. The fraction of sp³-hybridized carbons (Fsp3) is 0.444. The second-order valence-electron chi connectivity index (χ2n) is 3.11. The van der Waals surface area contributed by atoms with Crippen LogP contribution in [-0.4, -0.2) is 22.0 Å². The Kier molecular flexibility index (Phi) is 3.39. The molecule has 0 aliphatic rings. The number of carbonyl (C=O) groups is 1. The highest BCUT2D eigenvalue weighted by Gasteiger charge is 2.08. The first-order chi connectivity index (χ1) is 6.58. The lowest BCUT2D eigenvalue weighted by molar-refractivity contribution is -0.146. The molecule has 0 saturated carbocycles. The normalized spacial score (nSPS) is 10.2. The van der Waals surface area contributed by atoms with Crippen LogP contribution in [0.2, 0.25) is 0 Å². The molecular weight excluding hydrogens is 182 g/mol. The van der Waals surface area contributed by atoms with Crippen molar-refractivity contribution in [2.45, 2.75) is 26.4 Å². The van der Waals surface area contributed by atoms with E-state index in [0.717, 1.165) is 0 Å². The van der Waals surface area contributed by atoms with Gasteiger partial charge in [-0.05, 0) is 19.9 Å². The predicted octanol–water partition coefficient (Wildman–Crippen LogP) is 0.553. The molecule has 0 saturated heterocycles. The van der Waals surface area contributed by atoms with Crippen molar-refractivity contribution in [1.82, 2.24) is 9.97 Å². The third-order valence-corrected chi connectivity index (χ3v) is 1.40. The summed E-state index contributed by atoms with van der Waals surface area (Å²) < 4.78 is 4.93. The van der Waals surface area contributed by atoms with E-state index < -0.39 is 0 Å². The van der Waals surface area contributed by atoms with E-state index in [1.165, 1.54) is 6.20 Å². The smallest absolute Gasteiger partial charge is 0.313 e. The van der Waals surface area contributed by atoms with Gasteiger partial charge in [0, 0.05) is 6.20 Å². The van der Waals surface area contributed by atoms with Gasteiger partial charge in [0.2, 0.25) is 0 Å². The molecule has 0 amide bonds. The van der Waals surface area contributed by atoms with Gasteiger partial charge in [-0.2, -0.15) is 0 Å². The third-order valence-electron chi connectivity index (χ3n) is 1.40. The molecule has 0 radical (unpaired) electrons. The van der Waals surface area contributed by atoms with Gasteiger partial charge in [0.25, 0.3) is 0 Å². The van der Waals surface area contributed by atoms with Crippen LogP contribution in [0, 0.1) is 0 Å². The molecule has 14 heavy (non-hydrogen) atoms. The van der Waals surface area contributed by atoms with Crippen molar-refractivity contribution in [2.24, 2.45) is 0 Å². The van der Waals surface area contributed by atoms with Gasteiger partial charge in [-0.15, -0.1) is 0 Å². The molecule has 1 aromatic rings. The summed E-state index contributed by atoms with van der Waals surface area (Å²) in [4.78, 5) is 19.0. The Morgan fingerprint density at radius 2 is 2.36 bits per heavy atom. The number of anilines is 1. The minimum atomic E-state index is -0.342. The standard InChI is InChI=1S/C9H13N3O2/c1-6(2)14-9(13)5-8-11-4-3-7(10)12-8/h3-4,6H,5H2,1-2H3,(H2,10,11,12). The summed E-state index contributed by atoms with van der Waals surface area (Å²) in [6, 6.07) is 1.57. The van der Waals surface area contributed by atoms with Gasteiger partial charge in [-0.25, -0.2) is 9.97 Å². The Morgan fingerprint density at radius 3 is 2.93 bits per heavy atom. The zero-order valence-corrected chi connectivity index (χ0v) is 8.23. The lowest BCUT2D eigenvalue weighted by Gasteiger charge is -2.06. The summed E-state index contributed by atoms with van der Waals surface area (Å²) in [5.41, 5.74) is 5.43. The van der Waals surface area contributed by atoms with Crippen molar-refractivity contribution in [3.63, 3.8) is 0 Å². The van der Waals surface area contributed by atoms with Crippen LogP contribution in [0.25, 0.3) is 0 Å². The first-order valence-corrected chi connectivity index (χ1v) is 4.35. The van der Waals surface area contributed by atoms with E-state index in [1.807, 2.05) is 0 Å². The van der Waals surface area contributed by atoms with Gasteiger partial charge in [-0.1, -0.05) is 0 Å². The average Bonchev–Trinajstić information content (AvgIpc) is 2.01. The van der Waals surface area contributed by atoms with E-state index in [0.29, 0.717) is 11.6 Å². The molecule has 0 unspecified atom stereocenters. The molecule has 0 fully saturated rings. The van der Waals surface area contributed by atoms with Crippen molar-refractivity contribution in [2.75, 3.05) is 5.73 Å². The third kappa shape index (κ3) is 3.38. The quantitative estimate of drug-likeness (QED) is 0.713. The minimum absolute atomic E-state index is 0.0587. The highest BCUT2D eigenvalue weighted by Crippen LogP contribution is 1.99. The maximum absolute atomic E-state index is 11.2. The van der Waals surface area contributed by atoms with Gasteiger partial charge in [0.05, 0.1) is 6.10 Å². The fourth-order valence-electron chi connectivity index (χ4n) is 0.934. The minimum Gasteiger partial charge on any atom is -0.463 e. The summed E-state index contributed by atoms with van der Waals surface area (Å²) in [6.45, 7) is 3.58. The summed E-state index contributed by atoms with van der Waals surface area (Å²) in [7, 11) is 0. The predicted molar refractivity (Wildman–Crippen MR) is 51.4 cm³/mol. The SMILES string of the molecule is CC(C)OC(=O)Cc1nccc(N)n1. The summed E-state index contributed by atoms with van der Waals surface area (Å²) in [5, 5.41) is 0. The molecule has 2 N–H and O–H groups in total. The number of rotatable bonds is 3. The van der Waals surface area contributed by atoms with Crippen molar-refractivity contribution < 1.29 is 9.53 Å². The number of nitrogens with two attached hydrogens (primary N) is 1. The molecule has 0 aliphatic heterocycles. The van der Waals surface area contributed by atoms with Gasteiger partial charge in [0.1, 0.15) is 18.1 Å². The Labute approximate surface area is 82.3 Å². The lowest BCUT2D eigenvalue weighted by Crippen LogP contribution is -2.15. The topological polar surface area (TPSA) is 78.1 Å². The Balaban J connectivity index is 2.56. The number of carbonyl (C=O) groups excluding carboxylic acids is 1. The van der Waals surface area contributed by atoms with E-state index in [1.54, 1.807) is 19.9 Å². The molecule has 5 heteroatoms. The van der Waals surface area contributed by atoms with E-state index in [-0.39, 0.29) is 18.5 Å². The molecule has 0 atom stereocenters. The van der Waals surface area contributed by atoms with Crippen LogP contribution in [0.3, 0.4) is 0 Å². The monoisotopic (exact) mass is 195 g/mol. The van der Waals surface area contributed by atoms with Crippen molar-refractivity contribution in [1.29, 1.82) is 0 Å². The van der Waals surface area contributed by atoms with E-state index >= 15 is 0 Å². The Hall–Kier alpha value is -1.65. The maximum Gasteiger partial charge on any atom is 0.313 e. The summed E-state index contributed by atoms with van der Waals surface area (Å²) in [5.74, 6) is 0.397. The molecule has 0 aromatic carbocycles.